The Hall–Kier alpha value is -1.59. The highest BCUT2D eigenvalue weighted by molar-refractivity contribution is 5.94. The lowest BCUT2D eigenvalue weighted by Gasteiger charge is -2.38. The Morgan fingerprint density at radius 2 is 1.79 bits per heavy atom. The first-order valence-corrected chi connectivity index (χ1v) is 10.9. The van der Waals surface area contributed by atoms with Crippen LogP contribution < -0.4 is 10.1 Å². The molecule has 5 nitrogen and oxygen atoms in total. The Bertz CT molecular complexity index is 596. The smallest absolute Gasteiger partial charge is 0.251 e. The molecule has 1 saturated heterocycles. The van der Waals surface area contributed by atoms with Crippen LogP contribution in [-0.4, -0.2) is 56.8 Å². The van der Waals surface area contributed by atoms with Gasteiger partial charge in [-0.1, -0.05) is 19.8 Å². The molecule has 1 aliphatic heterocycles. The predicted molar refractivity (Wildman–Crippen MR) is 112 cm³/mol. The van der Waals surface area contributed by atoms with Gasteiger partial charge in [0.15, 0.2) is 0 Å². The van der Waals surface area contributed by atoms with E-state index in [1.54, 1.807) is 7.11 Å². The summed E-state index contributed by atoms with van der Waals surface area (Å²) >= 11 is 0. The molecule has 2 aliphatic rings. The minimum atomic E-state index is 0.0348. The quantitative estimate of drug-likeness (QED) is 0.690. The number of rotatable bonds is 8. The molecule has 1 heterocycles. The number of benzene rings is 1. The van der Waals surface area contributed by atoms with E-state index in [-0.39, 0.29) is 5.91 Å². The van der Waals surface area contributed by atoms with E-state index in [4.69, 9.17) is 9.47 Å². The number of likely N-dealkylation sites (tertiary alicyclic amines) is 1. The number of nitrogens with one attached hydrogen (secondary N) is 1. The van der Waals surface area contributed by atoms with E-state index in [1.165, 1.54) is 45.2 Å². The van der Waals surface area contributed by atoms with Gasteiger partial charge in [0.2, 0.25) is 0 Å². The van der Waals surface area contributed by atoms with E-state index >= 15 is 0 Å². The topological polar surface area (TPSA) is 50.8 Å². The second-order valence-corrected chi connectivity index (χ2v) is 8.47. The second kappa shape index (κ2) is 10.8. The molecule has 156 valence electrons. The van der Waals surface area contributed by atoms with Gasteiger partial charge in [0.25, 0.3) is 5.91 Å². The average molecular weight is 389 g/mol. The van der Waals surface area contributed by atoms with Crippen molar-refractivity contribution in [3.63, 3.8) is 0 Å². The zero-order valence-electron chi connectivity index (χ0n) is 17.5. The summed E-state index contributed by atoms with van der Waals surface area (Å²) in [5.41, 5.74) is 0.704. The third-order valence-electron chi connectivity index (χ3n) is 6.27. The van der Waals surface area contributed by atoms with Gasteiger partial charge in [0, 0.05) is 25.3 Å². The van der Waals surface area contributed by atoms with E-state index < -0.39 is 0 Å². The number of hydrogen-bond donors (Lipinski definition) is 1. The molecule has 1 aliphatic carbocycles. The molecule has 5 heteroatoms. The summed E-state index contributed by atoms with van der Waals surface area (Å²) in [5, 5.41) is 3.33. The van der Waals surface area contributed by atoms with Gasteiger partial charge in [-0.3, -0.25) is 4.79 Å². The molecule has 2 fully saturated rings. The van der Waals surface area contributed by atoms with E-state index in [0.717, 1.165) is 24.6 Å². The lowest BCUT2D eigenvalue weighted by molar-refractivity contribution is 0.0868. The molecular formula is C23H36N2O3. The largest absolute Gasteiger partial charge is 0.491 e. The number of nitrogens with zero attached hydrogens (tertiary/aromatic N) is 1. The summed E-state index contributed by atoms with van der Waals surface area (Å²) < 4.78 is 10.6. The summed E-state index contributed by atoms with van der Waals surface area (Å²) in [4.78, 5) is 15.4. The summed E-state index contributed by atoms with van der Waals surface area (Å²) in [7, 11) is 1.65. The van der Waals surface area contributed by atoms with E-state index in [9.17, 15) is 4.79 Å². The number of hydrogen-bond acceptors (Lipinski definition) is 4. The van der Waals surface area contributed by atoms with Gasteiger partial charge in [-0.25, -0.2) is 0 Å². The van der Waals surface area contributed by atoms with Gasteiger partial charge in [0.1, 0.15) is 12.4 Å². The molecule has 0 radical (unpaired) electrons. The van der Waals surface area contributed by atoms with Crippen molar-refractivity contribution >= 4 is 5.91 Å². The van der Waals surface area contributed by atoms with Crippen LogP contribution in [0.1, 0.15) is 55.8 Å². The number of carbonyl (C=O) groups excluding carboxylic acids is 1. The van der Waals surface area contributed by atoms with Crippen LogP contribution in [0.15, 0.2) is 24.3 Å². The molecule has 0 aromatic heterocycles. The summed E-state index contributed by atoms with van der Waals surface area (Å²) in [6, 6.07) is 7.71. The van der Waals surface area contributed by atoms with Crippen LogP contribution in [0, 0.1) is 11.8 Å². The number of methoxy groups -OCH3 is 1. The molecule has 2 unspecified atom stereocenters. The molecule has 1 amide bonds. The first-order chi connectivity index (χ1) is 13.7. The molecular weight excluding hydrogens is 352 g/mol. The zero-order chi connectivity index (χ0) is 19.8. The van der Waals surface area contributed by atoms with Gasteiger partial charge in [-0.15, -0.1) is 0 Å². The minimum absolute atomic E-state index is 0.0348. The molecule has 3 rings (SSSR count). The van der Waals surface area contributed by atoms with Gasteiger partial charge in [-0.05, 0) is 74.9 Å². The fourth-order valence-corrected chi connectivity index (χ4v) is 4.39. The third-order valence-corrected chi connectivity index (χ3v) is 6.27. The third kappa shape index (κ3) is 6.21. The SMILES string of the molecule is COCCOc1ccc(C(=O)NC2CCCCC2CN2CCC(C)CC2)cc1. The second-order valence-electron chi connectivity index (χ2n) is 8.47. The molecule has 1 aromatic carbocycles. The Balaban J connectivity index is 1.52. The van der Waals surface area contributed by atoms with Crippen molar-refractivity contribution in [3.05, 3.63) is 29.8 Å². The van der Waals surface area contributed by atoms with Crippen molar-refractivity contribution in [1.82, 2.24) is 10.2 Å². The molecule has 1 N–H and O–H groups in total. The average Bonchev–Trinajstić information content (AvgIpc) is 2.72. The monoisotopic (exact) mass is 388 g/mol. The Morgan fingerprint density at radius 1 is 1.07 bits per heavy atom. The van der Waals surface area contributed by atoms with Crippen molar-refractivity contribution in [2.45, 2.75) is 51.5 Å². The van der Waals surface area contributed by atoms with E-state index in [1.807, 2.05) is 24.3 Å². The number of carbonyl (C=O) groups is 1. The molecule has 2 atom stereocenters. The van der Waals surface area contributed by atoms with E-state index in [0.29, 0.717) is 30.7 Å². The minimum Gasteiger partial charge on any atom is -0.491 e. The van der Waals surface area contributed by atoms with Crippen molar-refractivity contribution in [2.75, 3.05) is 40.0 Å². The molecule has 0 spiro atoms. The number of piperidine rings is 1. The summed E-state index contributed by atoms with van der Waals surface area (Å²) in [5.74, 6) is 2.23. The fraction of sp³-hybridized carbons (Fsp3) is 0.696. The summed E-state index contributed by atoms with van der Waals surface area (Å²) in [6.45, 7) is 6.98. The predicted octanol–water partition coefficient (Wildman–Crippen LogP) is 3.73. The van der Waals surface area contributed by atoms with Crippen LogP contribution in [0.3, 0.4) is 0 Å². The van der Waals surface area contributed by atoms with Crippen LogP contribution >= 0.6 is 0 Å². The van der Waals surface area contributed by atoms with Gasteiger partial charge >= 0.3 is 0 Å². The molecule has 0 bridgehead atoms. The first kappa shape index (κ1) is 21.1. The first-order valence-electron chi connectivity index (χ1n) is 10.9. The van der Waals surface area contributed by atoms with Crippen molar-refractivity contribution in [3.8, 4) is 5.75 Å². The fourth-order valence-electron chi connectivity index (χ4n) is 4.39. The van der Waals surface area contributed by atoms with Gasteiger partial charge < -0.3 is 19.7 Å². The number of amides is 1. The maximum Gasteiger partial charge on any atom is 0.251 e. The van der Waals surface area contributed by atoms with Crippen LogP contribution in [0.4, 0.5) is 0 Å². The standard InChI is InChI=1S/C23H36N2O3/c1-18-11-13-25(14-12-18)17-20-5-3-4-6-22(20)24-23(26)19-7-9-21(10-8-19)28-16-15-27-2/h7-10,18,20,22H,3-6,11-17H2,1-2H3,(H,24,26). The zero-order valence-corrected chi connectivity index (χ0v) is 17.5. The normalized spacial score (nSPS) is 24.1. The maximum absolute atomic E-state index is 12.8. The van der Waals surface area contributed by atoms with Crippen LogP contribution in [0.25, 0.3) is 0 Å². The van der Waals surface area contributed by atoms with E-state index in [2.05, 4.69) is 17.1 Å². The van der Waals surface area contributed by atoms with Crippen molar-refractivity contribution < 1.29 is 14.3 Å². The Morgan fingerprint density at radius 3 is 2.50 bits per heavy atom. The van der Waals surface area contributed by atoms with Gasteiger partial charge in [-0.2, -0.15) is 0 Å². The lowest BCUT2D eigenvalue weighted by Crippen LogP contribution is -2.47. The highest BCUT2D eigenvalue weighted by atomic mass is 16.5. The maximum atomic E-state index is 12.8. The van der Waals surface area contributed by atoms with Crippen LogP contribution in [0.2, 0.25) is 0 Å². The highest BCUT2D eigenvalue weighted by Gasteiger charge is 2.29. The number of ether oxygens (including phenoxy) is 2. The molecule has 1 aromatic rings. The van der Waals surface area contributed by atoms with Crippen LogP contribution in [-0.2, 0) is 4.74 Å². The molecule has 28 heavy (non-hydrogen) atoms. The summed E-state index contributed by atoms with van der Waals surface area (Å²) in [6.07, 6.45) is 7.44. The Kier molecular flexibility index (Phi) is 8.16. The highest BCUT2D eigenvalue weighted by Crippen LogP contribution is 2.27. The van der Waals surface area contributed by atoms with Gasteiger partial charge in [0.05, 0.1) is 6.61 Å². The van der Waals surface area contributed by atoms with Crippen molar-refractivity contribution in [2.24, 2.45) is 11.8 Å². The lowest BCUT2D eigenvalue weighted by atomic mass is 9.83. The Labute approximate surface area is 169 Å². The molecule has 1 saturated carbocycles. The van der Waals surface area contributed by atoms with Crippen LogP contribution in [0.5, 0.6) is 5.75 Å². The van der Waals surface area contributed by atoms with Crippen molar-refractivity contribution in [1.29, 1.82) is 0 Å².